The summed E-state index contributed by atoms with van der Waals surface area (Å²) in [6.45, 7) is 4.20. The molecule has 0 radical (unpaired) electrons. The number of likely N-dealkylation sites (N-methyl/N-ethyl adjacent to an activating group) is 1. The van der Waals surface area contributed by atoms with Crippen molar-refractivity contribution in [1.29, 1.82) is 0 Å². The molecule has 1 aliphatic heterocycles. The van der Waals surface area contributed by atoms with Gasteiger partial charge in [0.1, 0.15) is 5.82 Å². The SMILES string of the molecule is CN1CCN(CC(=O)Nc2ccc(/C(=N/c3ccc4[nH]ncc4c3)C3=CCCCC3)cn2)CC1. The number of piperazine rings is 1. The number of benzene rings is 1. The third-order valence-corrected chi connectivity index (χ3v) is 6.53. The van der Waals surface area contributed by atoms with E-state index in [1.807, 2.05) is 42.7 Å². The Kier molecular flexibility index (Phi) is 6.78. The maximum absolute atomic E-state index is 12.5. The number of aromatic amines is 1. The zero-order valence-corrected chi connectivity index (χ0v) is 19.6. The third kappa shape index (κ3) is 5.40. The predicted octanol–water partition coefficient (Wildman–Crippen LogP) is 3.77. The Morgan fingerprint density at radius 1 is 1.12 bits per heavy atom. The quantitative estimate of drug-likeness (QED) is 0.550. The molecule has 0 unspecified atom stereocenters. The van der Waals surface area contributed by atoms with Crippen LogP contribution in [0, 0.1) is 0 Å². The summed E-state index contributed by atoms with van der Waals surface area (Å²) in [4.78, 5) is 26.5. The standard InChI is InChI=1S/C26H31N7O/c1-32-11-13-33(14-12-32)18-25(34)30-24-10-7-20(16-27-24)26(19-5-3-2-4-6-19)29-22-8-9-23-21(15-22)17-28-31-23/h5,7-10,15-17H,2-4,6,11-14,18H2,1H3,(H,28,31)(H,27,30,34)/b29-26+. The van der Waals surface area contributed by atoms with Crippen molar-refractivity contribution in [2.24, 2.45) is 4.99 Å². The first-order valence-electron chi connectivity index (χ1n) is 12.0. The smallest absolute Gasteiger partial charge is 0.239 e. The van der Waals surface area contributed by atoms with E-state index >= 15 is 0 Å². The first-order chi connectivity index (χ1) is 16.6. The lowest BCUT2D eigenvalue weighted by atomic mass is 9.93. The van der Waals surface area contributed by atoms with Gasteiger partial charge in [0, 0.05) is 43.3 Å². The number of hydrogen-bond acceptors (Lipinski definition) is 6. The number of pyridine rings is 1. The van der Waals surface area contributed by atoms with E-state index in [4.69, 9.17) is 4.99 Å². The van der Waals surface area contributed by atoms with E-state index in [1.54, 1.807) is 0 Å². The monoisotopic (exact) mass is 457 g/mol. The molecule has 34 heavy (non-hydrogen) atoms. The zero-order chi connectivity index (χ0) is 23.3. The number of fused-ring (bicyclic) bond motifs is 1. The molecule has 1 amide bonds. The number of H-pyrrole nitrogens is 1. The minimum Gasteiger partial charge on any atom is -0.310 e. The number of allylic oxidation sites excluding steroid dienone is 2. The van der Waals surface area contributed by atoms with Crippen LogP contribution in [0.25, 0.3) is 10.9 Å². The van der Waals surface area contributed by atoms with Gasteiger partial charge in [0.05, 0.1) is 29.7 Å². The average molecular weight is 458 g/mol. The summed E-state index contributed by atoms with van der Waals surface area (Å²) in [5.41, 5.74) is 5.05. The summed E-state index contributed by atoms with van der Waals surface area (Å²) in [5, 5.41) is 11.1. The summed E-state index contributed by atoms with van der Waals surface area (Å²) in [6.07, 6.45) is 10.4. The first-order valence-corrected chi connectivity index (χ1v) is 12.0. The zero-order valence-electron chi connectivity index (χ0n) is 19.6. The summed E-state index contributed by atoms with van der Waals surface area (Å²) >= 11 is 0. The number of amides is 1. The van der Waals surface area contributed by atoms with Crippen molar-refractivity contribution in [2.45, 2.75) is 25.7 Å². The molecule has 3 aromatic rings. The van der Waals surface area contributed by atoms with Gasteiger partial charge in [-0.3, -0.25) is 14.8 Å². The van der Waals surface area contributed by atoms with Crippen molar-refractivity contribution in [2.75, 3.05) is 45.1 Å². The van der Waals surface area contributed by atoms with Crippen LogP contribution in [-0.4, -0.2) is 76.4 Å². The molecule has 3 heterocycles. The highest BCUT2D eigenvalue weighted by molar-refractivity contribution is 6.14. The molecule has 0 atom stereocenters. The van der Waals surface area contributed by atoms with Gasteiger partial charge >= 0.3 is 0 Å². The molecule has 0 spiro atoms. The van der Waals surface area contributed by atoms with Crippen LogP contribution in [-0.2, 0) is 4.79 Å². The number of nitrogens with zero attached hydrogens (tertiary/aromatic N) is 5. The minimum atomic E-state index is -0.0258. The van der Waals surface area contributed by atoms with Crippen molar-refractivity contribution >= 4 is 34.0 Å². The molecule has 2 aromatic heterocycles. The van der Waals surface area contributed by atoms with E-state index in [0.717, 1.165) is 66.9 Å². The maximum Gasteiger partial charge on any atom is 0.239 e. The van der Waals surface area contributed by atoms with E-state index in [9.17, 15) is 4.79 Å². The molecule has 0 saturated carbocycles. The van der Waals surface area contributed by atoms with E-state index in [0.29, 0.717) is 12.4 Å². The van der Waals surface area contributed by atoms with Crippen LogP contribution >= 0.6 is 0 Å². The Morgan fingerprint density at radius 3 is 2.76 bits per heavy atom. The van der Waals surface area contributed by atoms with Crippen molar-refractivity contribution in [3.8, 4) is 0 Å². The summed E-state index contributed by atoms with van der Waals surface area (Å²) < 4.78 is 0. The van der Waals surface area contributed by atoms with Crippen molar-refractivity contribution in [3.05, 3.63) is 59.9 Å². The minimum absolute atomic E-state index is 0.0258. The van der Waals surface area contributed by atoms with Gasteiger partial charge in [0.15, 0.2) is 0 Å². The van der Waals surface area contributed by atoms with Gasteiger partial charge in [-0.2, -0.15) is 5.10 Å². The molecule has 2 aliphatic rings. The van der Waals surface area contributed by atoms with Gasteiger partial charge < -0.3 is 10.2 Å². The van der Waals surface area contributed by atoms with Gasteiger partial charge in [-0.25, -0.2) is 9.98 Å². The highest BCUT2D eigenvalue weighted by Gasteiger charge is 2.18. The molecule has 1 aliphatic carbocycles. The summed E-state index contributed by atoms with van der Waals surface area (Å²) in [5.74, 6) is 0.543. The van der Waals surface area contributed by atoms with Gasteiger partial charge in [-0.1, -0.05) is 6.08 Å². The molecule has 1 fully saturated rings. The van der Waals surface area contributed by atoms with Gasteiger partial charge in [-0.05, 0) is 68.6 Å². The van der Waals surface area contributed by atoms with Crippen molar-refractivity contribution < 1.29 is 4.79 Å². The van der Waals surface area contributed by atoms with Gasteiger partial charge in [0.2, 0.25) is 5.91 Å². The van der Waals surface area contributed by atoms with Crippen LogP contribution in [0.2, 0.25) is 0 Å². The molecule has 0 bridgehead atoms. The summed E-state index contributed by atoms with van der Waals surface area (Å²) in [7, 11) is 2.11. The second-order valence-electron chi connectivity index (χ2n) is 9.14. The first kappa shape index (κ1) is 22.4. The lowest BCUT2D eigenvalue weighted by molar-refractivity contribution is -0.117. The number of aliphatic imine (C=N–C) groups is 1. The highest BCUT2D eigenvalue weighted by Crippen LogP contribution is 2.26. The second kappa shape index (κ2) is 10.3. The lowest BCUT2D eigenvalue weighted by Crippen LogP contribution is -2.47. The number of carbonyl (C=O) groups excluding carboxylic acids is 1. The molecule has 5 rings (SSSR count). The molecular weight excluding hydrogens is 426 g/mol. The van der Waals surface area contributed by atoms with Crippen LogP contribution in [0.5, 0.6) is 0 Å². The van der Waals surface area contributed by atoms with Crippen LogP contribution in [0.15, 0.2) is 59.4 Å². The normalized spacial score (nSPS) is 18.1. The van der Waals surface area contributed by atoms with Crippen LogP contribution in [0.1, 0.15) is 31.2 Å². The molecule has 8 nitrogen and oxygen atoms in total. The number of rotatable bonds is 6. The van der Waals surface area contributed by atoms with Crippen molar-refractivity contribution in [3.63, 3.8) is 0 Å². The van der Waals surface area contributed by atoms with Gasteiger partial charge in [-0.15, -0.1) is 0 Å². The highest BCUT2D eigenvalue weighted by atomic mass is 16.2. The summed E-state index contributed by atoms with van der Waals surface area (Å²) in [6, 6.07) is 9.93. The fourth-order valence-corrected chi connectivity index (χ4v) is 4.50. The maximum atomic E-state index is 12.5. The number of nitrogens with one attached hydrogen (secondary N) is 2. The van der Waals surface area contributed by atoms with Crippen LogP contribution in [0.3, 0.4) is 0 Å². The average Bonchev–Trinajstić information content (AvgIpc) is 3.33. The topological polar surface area (TPSA) is 89.5 Å². The number of anilines is 1. The van der Waals surface area contributed by atoms with Crippen LogP contribution < -0.4 is 5.32 Å². The predicted molar refractivity (Wildman–Crippen MR) is 136 cm³/mol. The van der Waals surface area contributed by atoms with Crippen molar-refractivity contribution in [1.82, 2.24) is 25.0 Å². The Labute approximate surface area is 199 Å². The lowest BCUT2D eigenvalue weighted by Gasteiger charge is -2.31. The van der Waals surface area contributed by atoms with Crippen LogP contribution in [0.4, 0.5) is 11.5 Å². The van der Waals surface area contributed by atoms with E-state index < -0.39 is 0 Å². The fraction of sp³-hybridized carbons (Fsp3) is 0.385. The molecule has 176 valence electrons. The van der Waals surface area contributed by atoms with E-state index in [-0.39, 0.29) is 5.91 Å². The largest absolute Gasteiger partial charge is 0.310 e. The third-order valence-electron chi connectivity index (χ3n) is 6.53. The number of hydrogen-bond donors (Lipinski definition) is 2. The number of aromatic nitrogens is 3. The van der Waals surface area contributed by atoms with E-state index in [1.165, 1.54) is 18.4 Å². The van der Waals surface area contributed by atoms with Gasteiger partial charge in [0.25, 0.3) is 0 Å². The Balaban J connectivity index is 1.33. The molecule has 1 aromatic carbocycles. The Morgan fingerprint density at radius 2 is 2.00 bits per heavy atom. The molecule has 8 heteroatoms. The van der Waals surface area contributed by atoms with E-state index in [2.05, 4.69) is 43.4 Å². The molecular formula is C26H31N7O. The second-order valence-corrected chi connectivity index (χ2v) is 9.14. The fourth-order valence-electron chi connectivity index (χ4n) is 4.50. The molecule has 1 saturated heterocycles. The molecule has 2 N–H and O–H groups in total. The Hall–Kier alpha value is -3.36. The number of carbonyl (C=O) groups is 1. The Bertz CT molecular complexity index is 1200.